The van der Waals surface area contributed by atoms with Crippen LogP contribution in [0.1, 0.15) is 11.6 Å². The summed E-state index contributed by atoms with van der Waals surface area (Å²) < 4.78 is 95.0. The summed E-state index contributed by atoms with van der Waals surface area (Å²) in [6.45, 7) is 13.3. The van der Waals surface area contributed by atoms with E-state index >= 15 is 0 Å². The summed E-state index contributed by atoms with van der Waals surface area (Å²) in [6, 6.07) is 18.7. The molecule has 22 nitrogen and oxygen atoms in total. The number of ether oxygens (including phenoxy) is 4. The Morgan fingerprint density at radius 2 is 0.859 bits per heavy atom. The number of nitrogens with zero attached hydrogens (tertiary/aromatic N) is 12. The van der Waals surface area contributed by atoms with Crippen LogP contribution in [0.3, 0.4) is 0 Å². The van der Waals surface area contributed by atoms with Gasteiger partial charge in [0, 0.05) is 54.0 Å². The van der Waals surface area contributed by atoms with Crippen molar-refractivity contribution in [3.05, 3.63) is 130 Å². The minimum atomic E-state index is -4.10. The van der Waals surface area contributed by atoms with E-state index in [-0.39, 0.29) is 48.3 Å². The van der Waals surface area contributed by atoms with Gasteiger partial charge in [-0.1, -0.05) is 74.6 Å². The molecule has 0 bridgehead atoms. The highest BCUT2D eigenvalue weighted by atomic mass is 35.5. The van der Waals surface area contributed by atoms with Gasteiger partial charge in [0.1, 0.15) is 34.4 Å². The van der Waals surface area contributed by atoms with Crippen LogP contribution in [-0.4, -0.2) is 124 Å². The number of anilines is 2. The first-order valence-corrected chi connectivity index (χ1v) is 35.0. The lowest BCUT2D eigenvalue weighted by Gasteiger charge is -2.26. The van der Waals surface area contributed by atoms with E-state index < -0.39 is 36.2 Å². The van der Waals surface area contributed by atoms with Gasteiger partial charge in [0.05, 0.1) is 61.8 Å². The first kappa shape index (κ1) is 58.3. The number of hydrogen-bond acceptors (Lipinski definition) is 18. The Labute approximate surface area is 464 Å². The van der Waals surface area contributed by atoms with E-state index in [2.05, 4.69) is 79.6 Å². The Hall–Kier alpha value is -7.37. The van der Waals surface area contributed by atoms with Gasteiger partial charge in [-0.15, -0.1) is 20.4 Å². The highest BCUT2D eigenvalue weighted by molar-refractivity contribution is 7.96. The van der Waals surface area contributed by atoms with Gasteiger partial charge in [-0.25, -0.2) is 45.4 Å². The molecule has 0 aliphatic carbocycles. The Kier molecular flexibility index (Phi) is 18.7. The van der Waals surface area contributed by atoms with Gasteiger partial charge in [-0.2, -0.15) is 0 Å². The first-order valence-electron chi connectivity index (χ1n) is 23.9. The normalized spacial score (nSPS) is 12.2. The summed E-state index contributed by atoms with van der Waals surface area (Å²) in [5.74, 6) is 3.50. The average molecular weight is 1180 g/mol. The lowest BCUT2D eigenvalue weighted by molar-refractivity contribution is 0.391. The Morgan fingerprint density at radius 3 is 1.14 bits per heavy atom. The molecule has 0 aliphatic rings. The molecule has 8 rings (SSSR count). The maximum absolute atomic E-state index is 13.9. The van der Waals surface area contributed by atoms with Crippen LogP contribution in [0, 0.1) is 0 Å². The van der Waals surface area contributed by atoms with Crippen LogP contribution in [0.15, 0.2) is 118 Å². The topological polar surface area (TPSA) is 251 Å². The summed E-state index contributed by atoms with van der Waals surface area (Å²) in [4.78, 5) is 16.2. The summed E-state index contributed by atoms with van der Waals surface area (Å²) in [7, 11) is -5.54. The van der Waals surface area contributed by atoms with Crippen molar-refractivity contribution in [2.45, 2.75) is 51.4 Å². The molecule has 412 valence electrons. The summed E-state index contributed by atoms with van der Waals surface area (Å²) >= 11 is 11.7. The molecular formula is C50H58Cl2N12O10S2Si2. The predicted molar refractivity (Wildman–Crippen MR) is 305 cm³/mol. The van der Waals surface area contributed by atoms with Crippen LogP contribution in [0.25, 0.3) is 46.7 Å². The SMILES string of the molecule is COc1cccc(OC)c1-n1c(-c2ccco2)nnc1N(CC[Si](C)(C)C)S(=O)(=O)/C=C/c1ncc(Cl)cn1.COc1cccc(OC)c1-n1c(-c2ccco2)nnc1N(CC[Si](C)(C)C)S(=O)(=O)/C=C\c1ncc(Cl)cn1. The van der Waals surface area contributed by atoms with Crippen molar-refractivity contribution in [1.29, 1.82) is 0 Å². The second-order valence-electron chi connectivity index (χ2n) is 19.3. The van der Waals surface area contributed by atoms with Gasteiger partial charge in [-0.05, 0) is 72.8 Å². The third kappa shape index (κ3) is 14.2. The number of aromatic nitrogens is 10. The van der Waals surface area contributed by atoms with Crippen LogP contribution in [-0.2, 0) is 20.0 Å². The van der Waals surface area contributed by atoms with Gasteiger partial charge >= 0.3 is 0 Å². The molecule has 6 aromatic heterocycles. The Bertz CT molecular complexity index is 3290. The minimum Gasteiger partial charge on any atom is -0.494 e. The van der Waals surface area contributed by atoms with Crippen molar-refractivity contribution in [3.63, 3.8) is 0 Å². The van der Waals surface area contributed by atoms with Crippen molar-refractivity contribution < 1.29 is 44.6 Å². The van der Waals surface area contributed by atoms with Crippen molar-refractivity contribution >= 4 is 83.4 Å². The molecule has 0 saturated heterocycles. The van der Waals surface area contributed by atoms with Crippen LogP contribution >= 0.6 is 23.2 Å². The molecular weight excluding hydrogens is 1120 g/mol. The highest BCUT2D eigenvalue weighted by Gasteiger charge is 2.35. The third-order valence-corrected chi connectivity index (χ3v) is 18.0. The van der Waals surface area contributed by atoms with Gasteiger partial charge < -0.3 is 27.8 Å². The molecule has 0 unspecified atom stereocenters. The first-order chi connectivity index (χ1) is 37.1. The lowest BCUT2D eigenvalue weighted by atomic mass is 10.2. The van der Waals surface area contributed by atoms with Crippen LogP contribution in [0.2, 0.25) is 61.4 Å². The molecule has 6 heterocycles. The second-order valence-corrected chi connectivity index (χ2v) is 34.9. The maximum atomic E-state index is 13.9. The largest absolute Gasteiger partial charge is 0.494 e. The Morgan fingerprint density at radius 1 is 0.526 bits per heavy atom. The summed E-state index contributed by atoms with van der Waals surface area (Å²) in [6.07, 6.45) is 11.2. The third-order valence-electron chi connectivity index (χ3n) is 11.3. The van der Waals surface area contributed by atoms with Crippen LogP contribution in [0.4, 0.5) is 11.9 Å². The van der Waals surface area contributed by atoms with E-state index in [1.165, 1.54) is 86.5 Å². The predicted octanol–water partition coefficient (Wildman–Crippen LogP) is 10.3. The highest BCUT2D eigenvalue weighted by Crippen LogP contribution is 2.41. The van der Waals surface area contributed by atoms with E-state index in [4.69, 9.17) is 51.0 Å². The number of hydrogen-bond donors (Lipinski definition) is 0. The van der Waals surface area contributed by atoms with Gasteiger partial charge in [0.25, 0.3) is 20.0 Å². The lowest BCUT2D eigenvalue weighted by Crippen LogP contribution is -2.36. The zero-order valence-corrected chi connectivity index (χ0v) is 49.5. The zero-order chi connectivity index (χ0) is 56.4. The van der Waals surface area contributed by atoms with Crippen LogP contribution in [0.5, 0.6) is 23.0 Å². The minimum absolute atomic E-state index is 0.0455. The molecule has 0 radical (unpaired) electrons. The monoisotopic (exact) mass is 1180 g/mol. The molecule has 0 N–H and O–H groups in total. The molecule has 0 amide bonds. The molecule has 0 aliphatic heterocycles. The average Bonchev–Trinajstić information content (AvgIpc) is 4.36. The van der Waals surface area contributed by atoms with Crippen molar-refractivity contribution in [3.8, 4) is 57.5 Å². The van der Waals surface area contributed by atoms with E-state index in [1.54, 1.807) is 69.8 Å². The number of rotatable bonds is 22. The van der Waals surface area contributed by atoms with Gasteiger partial charge in [0.15, 0.2) is 23.2 Å². The van der Waals surface area contributed by atoms with E-state index in [0.29, 0.717) is 68.0 Å². The number of methoxy groups -OCH3 is 4. The molecule has 2 aromatic carbocycles. The number of halogens is 2. The summed E-state index contributed by atoms with van der Waals surface area (Å²) in [5, 5.41) is 20.2. The number of benzene rings is 2. The quantitative estimate of drug-likeness (QED) is 0.0572. The fourth-order valence-electron chi connectivity index (χ4n) is 7.33. The molecule has 0 spiro atoms. The Balaban J connectivity index is 0.000000226. The van der Waals surface area contributed by atoms with Crippen molar-refractivity contribution in [2.24, 2.45) is 0 Å². The fraction of sp³-hybridized carbons (Fsp3) is 0.280. The molecule has 0 fully saturated rings. The van der Waals surface area contributed by atoms with Crippen LogP contribution < -0.4 is 27.6 Å². The number of furan rings is 2. The molecule has 28 heteroatoms. The maximum Gasteiger partial charge on any atom is 0.259 e. The molecule has 0 atom stereocenters. The smallest absolute Gasteiger partial charge is 0.259 e. The standard InChI is InChI=1S/2C25H29ClN6O5SSi/c2*1-35-19-8-6-9-20(36-2)23(19)32-24(21-10-7-13-37-21)29-30-25(32)31(12-15-39(3,4)5)38(33,34)14-11-22-27-16-18(26)17-28-22/h2*6-11,13-14,16-17H,12,15H2,1-5H3/b14-11+;14-11-. The zero-order valence-electron chi connectivity index (χ0n) is 44.4. The number of sulfonamides is 2. The second kappa shape index (κ2) is 25.0. The van der Waals surface area contributed by atoms with Gasteiger partial charge in [0.2, 0.25) is 23.5 Å². The van der Waals surface area contributed by atoms with E-state index in [9.17, 15) is 16.8 Å². The molecule has 8 aromatic rings. The van der Waals surface area contributed by atoms with E-state index in [1.807, 2.05) is 0 Å². The van der Waals surface area contributed by atoms with E-state index in [0.717, 1.165) is 10.8 Å². The molecule has 0 saturated carbocycles. The van der Waals surface area contributed by atoms with Crippen molar-refractivity contribution in [1.82, 2.24) is 49.5 Å². The summed E-state index contributed by atoms with van der Waals surface area (Å²) in [5.41, 5.74) is 0.847. The molecule has 78 heavy (non-hydrogen) atoms. The van der Waals surface area contributed by atoms with Gasteiger partial charge in [-0.3, -0.25) is 9.13 Å². The fourth-order valence-corrected chi connectivity index (χ4v) is 11.9. The van der Waals surface area contributed by atoms with Crippen molar-refractivity contribution in [2.75, 3.05) is 50.1 Å². The number of para-hydroxylation sites is 2.